The summed E-state index contributed by atoms with van der Waals surface area (Å²) in [5.74, 6) is -1.62. The Labute approximate surface area is 114 Å². The Balaban J connectivity index is 2.08. The van der Waals surface area contributed by atoms with Crippen LogP contribution in [0.5, 0.6) is 0 Å². The van der Waals surface area contributed by atoms with Crippen LogP contribution in [-0.4, -0.2) is 27.0 Å². The number of amides is 1. The fraction of sp³-hybridized carbons (Fsp3) is 0.0769. The highest BCUT2D eigenvalue weighted by Crippen LogP contribution is 2.10. The van der Waals surface area contributed by atoms with Gasteiger partial charge in [0.05, 0.1) is 17.8 Å². The molecule has 0 bridgehead atoms. The monoisotopic (exact) mass is 272 g/mol. The van der Waals surface area contributed by atoms with Gasteiger partial charge in [-0.15, -0.1) is 0 Å². The molecule has 0 aromatic carbocycles. The van der Waals surface area contributed by atoms with E-state index in [0.717, 1.165) is 0 Å². The summed E-state index contributed by atoms with van der Waals surface area (Å²) >= 11 is 0. The number of carbonyl (C=O) groups is 2. The number of hydrogen-bond donors (Lipinski definition) is 3. The smallest absolute Gasteiger partial charge is 0.335 e. The highest BCUT2D eigenvalue weighted by molar-refractivity contribution is 5.91. The third-order valence-corrected chi connectivity index (χ3v) is 2.55. The first-order valence-electron chi connectivity index (χ1n) is 5.74. The molecule has 0 saturated heterocycles. The zero-order valence-corrected chi connectivity index (χ0v) is 10.4. The molecule has 0 saturated carbocycles. The Morgan fingerprint density at radius 1 is 1.20 bits per heavy atom. The first-order valence-corrected chi connectivity index (χ1v) is 5.74. The lowest BCUT2D eigenvalue weighted by Gasteiger charge is -2.07. The molecule has 1 amide bonds. The van der Waals surface area contributed by atoms with Gasteiger partial charge in [0.25, 0.3) is 5.91 Å². The number of primary amides is 1. The maximum Gasteiger partial charge on any atom is 0.335 e. The lowest BCUT2D eigenvalue weighted by molar-refractivity contribution is 0.0696. The second-order valence-electron chi connectivity index (χ2n) is 3.99. The standard InChI is InChI=1S/C13H12N4O3/c14-12(18)11-6-9(2-4-16-11)17-7-10-5-8(13(19)20)1-3-15-10/h1-6H,7H2,(H2,14,18)(H,16,17)(H,19,20). The molecule has 4 N–H and O–H groups in total. The maximum absolute atomic E-state index is 11.0. The van der Waals surface area contributed by atoms with Crippen molar-refractivity contribution in [2.75, 3.05) is 5.32 Å². The highest BCUT2D eigenvalue weighted by Gasteiger charge is 2.05. The van der Waals surface area contributed by atoms with E-state index < -0.39 is 11.9 Å². The van der Waals surface area contributed by atoms with Crippen LogP contribution in [0.4, 0.5) is 5.69 Å². The predicted octanol–water partition coefficient (Wildman–Crippen LogP) is 0.886. The van der Waals surface area contributed by atoms with Gasteiger partial charge in [0.1, 0.15) is 5.69 Å². The Morgan fingerprint density at radius 2 is 1.95 bits per heavy atom. The van der Waals surface area contributed by atoms with E-state index in [4.69, 9.17) is 10.8 Å². The van der Waals surface area contributed by atoms with Gasteiger partial charge in [-0.25, -0.2) is 4.79 Å². The molecule has 0 fully saturated rings. The van der Waals surface area contributed by atoms with Gasteiger partial charge in [0, 0.05) is 18.1 Å². The Kier molecular flexibility index (Phi) is 3.90. The third kappa shape index (κ3) is 3.29. The van der Waals surface area contributed by atoms with Crippen molar-refractivity contribution in [1.82, 2.24) is 9.97 Å². The lowest BCUT2D eigenvalue weighted by Crippen LogP contribution is -2.13. The van der Waals surface area contributed by atoms with Crippen molar-refractivity contribution in [3.05, 3.63) is 53.6 Å². The van der Waals surface area contributed by atoms with Crippen molar-refractivity contribution in [2.45, 2.75) is 6.54 Å². The minimum Gasteiger partial charge on any atom is -0.478 e. The highest BCUT2D eigenvalue weighted by atomic mass is 16.4. The van der Waals surface area contributed by atoms with Gasteiger partial charge >= 0.3 is 5.97 Å². The van der Waals surface area contributed by atoms with E-state index in [1.807, 2.05) is 0 Å². The maximum atomic E-state index is 11.0. The van der Waals surface area contributed by atoms with Crippen molar-refractivity contribution in [3.8, 4) is 0 Å². The average molecular weight is 272 g/mol. The van der Waals surface area contributed by atoms with E-state index in [2.05, 4.69) is 15.3 Å². The molecule has 20 heavy (non-hydrogen) atoms. The van der Waals surface area contributed by atoms with Gasteiger partial charge in [-0.3, -0.25) is 14.8 Å². The number of hydrogen-bond acceptors (Lipinski definition) is 5. The molecule has 102 valence electrons. The Hall–Kier alpha value is -2.96. The van der Waals surface area contributed by atoms with Crippen LogP contribution < -0.4 is 11.1 Å². The topological polar surface area (TPSA) is 118 Å². The number of rotatable bonds is 5. The van der Waals surface area contributed by atoms with Crippen molar-refractivity contribution < 1.29 is 14.7 Å². The van der Waals surface area contributed by atoms with Crippen molar-refractivity contribution >= 4 is 17.6 Å². The van der Waals surface area contributed by atoms with Gasteiger partial charge in [-0.2, -0.15) is 0 Å². The summed E-state index contributed by atoms with van der Waals surface area (Å²) in [6.45, 7) is 0.323. The van der Waals surface area contributed by atoms with Gasteiger partial charge in [-0.05, 0) is 24.3 Å². The van der Waals surface area contributed by atoms with Gasteiger partial charge in [-0.1, -0.05) is 0 Å². The Morgan fingerprint density at radius 3 is 2.65 bits per heavy atom. The molecule has 7 nitrogen and oxygen atoms in total. The van der Waals surface area contributed by atoms with Crippen LogP contribution in [0.1, 0.15) is 26.5 Å². The number of aromatic nitrogens is 2. The van der Waals surface area contributed by atoms with Gasteiger partial charge < -0.3 is 16.2 Å². The van der Waals surface area contributed by atoms with Crippen LogP contribution in [0, 0.1) is 0 Å². The van der Waals surface area contributed by atoms with Crippen molar-refractivity contribution in [3.63, 3.8) is 0 Å². The molecule has 0 aliphatic heterocycles. The summed E-state index contributed by atoms with van der Waals surface area (Å²) in [6, 6.07) is 6.09. The normalized spacial score (nSPS) is 10.0. The fourth-order valence-corrected chi connectivity index (χ4v) is 1.58. The molecule has 2 aromatic rings. The third-order valence-electron chi connectivity index (χ3n) is 2.55. The largest absolute Gasteiger partial charge is 0.478 e. The number of anilines is 1. The van der Waals surface area contributed by atoms with Crippen LogP contribution in [0.3, 0.4) is 0 Å². The van der Waals surface area contributed by atoms with E-state index in [1.54, 1.807) is 6.07 Å². The molecule has 0 aliphatic rings. The van der Waals surface area contributed by atoms with E-state index in [-0.39, 0.29) is 11.3 Å². The summed E-state index contributed by atoms with van der Waals surface area (Å²) in [5, 5.41) is 11.9. The predicted molar refractivity (Wildman–Crippen MR) is 71.3 cm³/mol. The number of aromatic carboxylic acids is 1. The minimum absolute atomic E-state index is 0.155. The van der Waals surface area contributed by atoms with Gasteiger partial charge in [0.15, 0.2) is 0 Å². The summed E-state index contributed by atoms with van der Waals surface area (Å²) in [6.07, 6.45) is 2.89. The van der Waals surface area contributed by atoms with E-state index in [0.29, 0.717) is 17.9 Å². The van der Waals surface area contributed by atoms with E-state index in [1.165, 1.54) is 30.6 Å². The van der Waals surface area contributed by atoms with Crippen LogP contribution >= 0.6 is 0 Å². The molecule has 2 aromatic heterocycles. The summed E-state index contributed by atoms with van der Waals surface area (Å²) in [5.41, 5.74) is 6.68. The summed E-state index contributed by atoms with van der Waals surface area (Å²) in [7, 11) is 0. The Bertz CT molecular complexity index is 600. The second-order valence-corrected chi connectivity index (χ2v) is 3.99. The minimum atomic E-state index is -1.01. The van der Waals surface area contributed by atoms with Crippen molar-refractivity contribution in [2.24, 2.45) is 5.73 Å². The number of nitrogens with one attached hydrogen (secondary N) is 1. The molecule has 2 rings (SSSR count). The summed E-state index contributed by atoms with van der Waals surface area (Å²) < 4.78 is 0. The molecule has 0 unspecified atom stereocenters. The zero-order valence-electron chi connectivity index (χ0n) is 10.4. The molecule has 0 aliphatic carbocycles. The zero-order chi connectivity index (χ0) is 14.5. The number of carbonyl (C=O) groups excluding carboxylic acids is 1. The van der Waals surface area contributed by atoms with Crippen LogP contribution in [0.2, 0.25) is 0 Å². The molecule has 0 radical (unpaired) electrons. The first kappa shape index (κ1) is 13.5. The molecule has 7 heteroatoms. The van der Waals surface area contributed by atoms with Crippen LogP contribution in [-0.2, 0) is 6.54 Å². The number of nitrogens with two attached hydrogens (primary N) is 1. The van der Waals surface area contributed by atoms with E-state index in [9.17, 15) is 9.59 Å². The molecule has 0 atom stereocenters. The van der Waals surface area contributed by atoms with Gasteiger partial charge in [0.2, 0.25) is 0 Å². The number of carboxylic acids is 1. The fourth-order valence-electron chi connectivity index (χ4n) is 1.58. The summed E-state index contributed by atoms with van der Waals surface area (Å²) in [4.78, 5) is 29.7. The average Bonchev–Trinajstić information content (AvgIpc) is 2.45. The second kappa shape index (κ2) is 5.79. The van der Waals surface area contributed by atoms with Crippen LogP contribution in [0.25, 0.3) is 0 Å². The SMILES string of the molecule is NC(=O)c1cc(NCc2cc(C(=O)O)ccn2)ccn1. The lowest BCUT2D eigenvalue weighted by atomic mass is 10.2. The number of pyridine rings is 2. The van der Waals surface area contributed by atoms with E-state index >= 15 is 0 Å². The molecule has 0 spiro atoms. The van der Waals surface area contributed by atoms with Crippen molar-refractivity contribution in [1.29, 1.82) is 0 Å². The molecule has 2 heterocycles. The number of carboxylic acid groups (broad SMARTS) is 1. The number of nitrogens with zero attached hydrogens (tertiary/aromatic N) is 2. The van der Waals surface area contributed by atoms with Crippen LogP contribution in [0.15, 0.2) is 36.7 Å². The first-order chi connectivity index (χ1) is 9.56. The molecular formula is C13H12N4O3. The molecular weight excluding hydrogens is 260 g/mol. The quantitative estimate of drug-likeness (QED) is 0.743.